The number of aliphatic hydroxyl groups excluding tert-OH is 2. The standard InChI is InChI=1S/C99H167N25O25S/c1-49(2)38-66(113-85(135)64(29-24-35-104-99(102)103)112-97(147)78(54(11)12)121-75(127)45-106-84(134)63(28-22-23-34-100)110-93(143)72(47-125)119-82(132)58(18)108-83(133)61(101)33-37-150-19)87(137)114-67(39-50(3)4)88(138)115-68(40-51(5)6)89(139)116-69(41-52(7)8)90(140)117-70(42-53(9)10)91(141)120-73(48-126)94(144)118-71(43-59-44-105-62-27-21-20-26-60(59)62)92(142)122-79(55(13)14)96(146)109-57(17)81(131)107-46-76(128)124-36-25-30-74(124)95(145)111-65(31-32-77(129)130)86(136)123-80(56(15)16)98(148)149/h20-21,26-27,44,49-58,61,63-74,78-80,105,125-126H,22-25,28-43,45-48,100-101H2,1-19H3,(H,106,134)(H,107,131)(H,108,133)(H,109,146)(H,110,143)(H,111,145)(H,112,147)(H,113,135)(H,114,137)(H,115,138)(H,116,139)(H,117,140)(H,118,144)(H,119,132)(H,120,141)(H,121,127)(H,122,142)(H,123,136)(H,129,130)(H,148,149)(H4,102,103,104)/t57-,58-,61-,63-,64-,65-,66-,67-,68-,69-,70-,71-,72-,73-,74-,78-,79-,80-/m0/s1. The Bertz CT molecular complexity index is 4860. The average molecular weight is 2140 g/mol. The fourth-order valence-electron chi connectivity index (χ4n) is 16.2. The monoisotopic (exact) mass is 2140 g/mol. The van der Waals surface area contributed by atoms with Gasteiger partial charge >= 0.3 is 11.9 Å². The van der Waals surface area contributed by atoms with E-state index in [2.05, 4.69) is 106 Å². The number of nitrogens with one attached hydrogen (secondary N) is 21. The number of hydrogen-bond donors (Lipinski definition) is 28. The van der Waals surface area contributed by atoms with Crippen LogP contribution >= 0.6 is 11.8 Å². The molecule has 3 rings (SSSR count). The topological polar surface area (TPSA) is 789 Å². The van der Waals surface area contributed by atoms with Gasteiger partial charge in [0, 0.05) is 43.0 Å². The third-order valence-corrected chi connectivity index (χ3v) is 25.1. The molecule has 0 radical (unpaired) electrons. The SMILES string of the molecule is CSCC[C@H](N)C(=O)N[C@@H](C)C(=O)N[C@@H](CO)C(=O)N[C@@H](CCCCN)C(=O)NCC(=O)N[C@H](C(=O)N[C@@H](CCCNC(=N)N)C(=O)N[C@@H](CC(C)C)C(=O)N[C@@H](CC(C)C)C(=O)N[C@@H](CC(C)C)C(=O)N[C@@H](CC(C)C)C(=O)N[C@@H](CC(C)C)C(=O)N[C@@H](CO)C(=O)N[C@@H](Cc1c[nH]c2ccccc12)C(=O)N[C@H](C(=O)N[C@@H](C)C(=O)NCC(=O)N1CCC[C@H]1C(=O)N[C@@H](CCC(=O)O)C(=O)N[C@H](C(=O)O)C(C)C)C(C)C)C(C)C. The molecule has 150 heavy (non-hydrogen) atoms. The lowest BCUT2D eigenvalue weighted by atomic mass is 9.97. The van der Waals surface area contributed by atoms with Crippen molar-refractivity contribution in [2.75, 3.05) is 57.9 Å². The number of benzene rings is 1. The second-order valence-electron chi connectivity index (χ2n) is 41.1. The average Bonchev–Trinajstić information content (AvgIpc) is 1.66. The van der Waals surface area contributed by atoms with Gasteiger partial charge in [-0.3, -0.25) is 101 Å². The zero-order valence-electron chi connectivity index (χ0n) is 89.8. The zero-order valence-corrected chi connectivity index (χ0v) is 90.6. The van der Waals surface area contributed by atoms with Crippen molar-refractivity contribution >= 4 is 153 Å². The number of nitrogens with zero attached hydrogens (tertiary/aromatic N) is 1. The van der Waals surface area contributed by atoms with Crippen LogP contribution in [0.15, 0.2) is 30.5 Å². The largest absolute Gasteiger partial charge is 0.481 e. The molecule has 2 heterocycles. The number of carboxylic acid groups (broad SMARTS) is 2. The van der Waals surface area contributed by atoms with Crippen molar-refractivity contribution in [2.45, 2.75) is 336 Å². The molecule has 1 fully saturated rings. The second-order valence-corrected chi connectivity index (χ2v) is 42.1. The predicted octanol–water partition coefficient (Wildman–Crippen LogP) is -3.66. The van der Waals surface area contributed by atoms with Crippen LogP contribution in [0.3, 0.4) is 0 Å². The Morgan fingerprint density at radius 2 is 0.807 bits per heavy atom. The van der Waals surface area contributed by atoms with Gasteiger partial charge in [0.15, 0.2) is 5.96 Å². The molecule has 0 spiro atoms. The Morgan fingerprint density at radius 1 is 0.420 bits per heavy atom. The van der Waals surface area contributed by atoms with Crippen molar-refractivity contribution < 1.29 is 121 Å². The van der Waals surface area contributed by atoms with Crippen LogP contribution in [0.4, 0.5) is 0 Å². The number of H-pyrrole nitrogens is 1. The Hall–Kier alpha value is -12.9. The summed E-state index contributed by atoms with van der Waals surface area (Å²) in [6.45, 7) is 26.5. The summed E-state index contributed by atoms with van der Waals surface area (Å²) in [6, 6.07) is -18.2. The van der Waals surface area contributed by atoms with Crippen LogP contribution in [0, 0.1) is 52.8 Å². The van der Waals surface area contributed by atoms with E-state index in [-0.39, 0.29) is 113 Å². The molecule has 0 saturated carbocycles. The van der Waals surface area contributed by atoms with Crippen molar-refractivity contribution in [2.24, 2.45) is 64.5 Å². The van der Waals surface area contributed by atoms with Gasteiger partial charge in [0.2, 0.25) is 112 Å². The van der Waals surface area contributed by atoms with Gasteiger partial charge in [-0.1, -0.05) is 129 Å². The smallest absolute Gasteiger partial charge is 0.326 e. The summed E-state index contributed by atoms with van der Waals surface area (Å²) in [5.74, 6) is -22.8. The Kier molecular flexibility index (Phi) is 58.3. The Labute approximate surface area is 880 Å². The number of para-hydroxylation sites is 1. The number of fused-ring (bicyclic) bond motifs is 1. The second kappa shape index (κ2) is 66.6. The number of aliphatic carboxylic acids is 2. The van der Waals surface area contributed by atoms with E-state index in [1.807, 2.05) is 6.26 Å². The molecule has 0 bridgehead atoms. The highest BCUT2D eigenvalue weighted by atomic mass is 32.2. The summed E-state index contributed by atoms with van der Waals surface area (Å²) < 4.78 is 0. The maximum absolute atomic E-state index is 14.9. The van der Waals surface area contributed by atoms with Crippen molar-refractivity contribution in [3.8, 4) is 0 Å². The fraction of sp³-hybridized carbons (Fsp3) is 0.697. The number of carbonyl (C=O) groups is 21. The number of aromatic amines is 1. The van der Waals surface area contributed by atoms with E-state index >= 15 is 0 Å². The highest BCUT2D eigenvalue weighted by Crippen LogP contribution is 2.24. The molecule has 0 aliphatic carbocycles. The molecular weight excluding hydrogens is 1970 g/mol. The van der Waals surface area contributed by atoms with Gasteiger partial charge in [-0.15, -0.1) is 0 Å². The summed E-state index contributed by atoms with van der Waals surface area (Å²) in [4.78, 5) is 296. The van der Waals surface area contributed by atoms with E-state index in [1.54, 1.807) is 127 Å². The summed E-state index contributed by atoms with van der Waals surface area (Å²) in [5, 5.41) is 97.5. The fourth-order valence-corrected chi connectivity index (χ4v) is 16.7. The highest BCUT2D eigenvalue weighted by Gasteiger charge is 2.43. The number of unbranched alkanes of at least 4 members (excludes halogenated alkanes) is 1. The van der Waals surface area contributed by atoms with E-state index in [9.17, 15) is 121 Å². The normalized spacial score (nSPS) is 15.9. The first-order chi connectivity index (χ1) is 70.4. The number of carboxylic acids is 2. The lowest BCUT2D eigenvalue weighted by Gasteiger charge is -2.30. The molecular formula is C99H167N25O25S. The molecule has 1 aliphatic heterocycles. The van der Waals surface area contributed by atoms with Gasteiger partial charge in [0.1, 0.15) is 103 Å². The quantitative estimate of drug-likeness (QED) is 0.0172. The first kappa shape index (κ1) is 131. The third-order valence-electron chi connectivity index (χ3n) is 24.5. The van der Waals surface area contributed by atoms with Crippen LogP contribution in [0.25, 0.3) is 10.9 Å². The van der Waals surface area contributed by atoms with Crippen LogP contribution in [-0.2, 0) is 107 Å². The first-order valence-corrected chi connectivity index (χ1v) is 52.7. The number of likely N-dealkylation sites (tertiary alicyclic amines) is 1. The number of carbonyl (C=O) groups excluding carboxylic acids is 19. The van der Waals surface area contributed by atoms with Gasteiger partial charge in [0.25, 0.3) is 0 Å². The molecule has 1 aliphatic rings. The molecule has 31 N–H and O–H groups in total. The number of aliphatic hydroxyl groups is 2. The van der Waals surface area contributed by atoms with E-state index in [0.29, 0.717) is 47.9 Å². The van der Waals surface area contributed by atoms with E-state index in [4.69, 9.17) is 22.6 Å². The minimum absolute atomic E-state index is 0.0143. The Balaban J connectivity index is 1.88. The van der Waals surface area contributed by atoms with E-state index in [1.165, 1.54) is 39.5 Å². The summed E-state index contributed by atoms with van der Waals surface area (Å²) in [6.07, 6.45) is 3.37. The van der Waals surface area contributed by atoms with E-state index < -0.39 is 296 Å². The van der Waals surface area contributed by atoms with E-state index in [0.717, 1.165) is 4.90 Å². The molecule has 1 aromatic carbocycles. The summed E-state index contributed by atoms with van der Waals surface area (Å²) in [5.41, 5.74) is 18.4. The zero-order chi connectivity index (χ0) is 113. The molecule has 2 aromatic rings. The number of nitrogens with two attached hydrogens (primary N) is 3. The van der Waals surface area contributed by atoms with Crippen LogP contribution in [0.2, 0.25) is 0 Å². The summed E-state index contributed by atoms with van der Waals surface area (Å²) >= 11 is 1.47. The molecule has 0 unspecified atom stereocenters. The maximum atomic E-state index is 14.9. The molecule has 1 aromatic heterocycles. The number of rotatable bonds is 69. The number of guanidine groups is 1. The van der Waals surface area contributed by atoms with Crippen molar-refractivity contribution in [3.05, 3.63) is 36.0 Å². The lowest BCUT2D eigenvalue weighted by molar-refractivity contribution is -0.144. The molecule has 18 atom stereocenters. The molecule has 50 nitrogen and oxygen atoms in total. The minimum atomic E-state index is -1.82. The highest BCUT2D eigenvalue weighted by molar-refractivity contribution is 7.98. The van der Waals surface area contributed by atoms with Crippen LogP contribution < -0.4 is 118 Å². The van der Waals surface area contributed by atoms with Gasteiger partial charge in [0.05, 0.1) is 32.3 Å². The van der Waals surface area contributed by atoms with Crippen molar-refractivity contribution in [3.63, 3.8) is 0 Å². The number of hydrogen-bond acceptors (Lipinski definition) is 27. The van der Waals surface area contributed by atoms with Crippen molar-refractivity contribution in [1.82, 2.24) is 111 Å². The summed E-state index contributed by atoms with van der Waals surface area (Å²) in [7, 11) is 0. The van der Waals surface area contributed by atoms with Gasteiger partial charge < -0.3 is 149 Å². The number of thioether (sulfide) groups is 1. The lowest BCUT2D eigenvalue weighted by Crippen LogP contribution is -2.62. The minimum Gasteiger partial charge on any atom is -0.481 e. The third kappa shape index (κ3) is 46.7. The molecule has 844 valence electrons. The van der Waals surface area contributed by atoms with Gasteiger partial charge in [-0.2, -0.15) is 11.8 Å². The maximum Gasteiger partial charge on any atom is 0.326 e. The molecule has 1 saturated heterocycles. The van der Waals surface area contributed by atoms with Crippen LogP contribution in [-0.4, -0.2) is 327 Å². The molecule has 51 heteroatoms. The number of aromatic nitrogens is 1. The first-order valence-electron chi connectivity index (χ1n) is 51.3. The van der Waals surface area contributed by atoms with Crippen LogP contribution in [0.5, 0.6) is 0 Å². The molecule has 19 amide bonds. The van der Waals surface area contributed by atoms with Gasteiger partial charge in [-0.05, 0) is 181 Å². The van der Waals surface area contributed by atoms with Crippen molar-refractivity contribution in [1.29, 1.82) is 5.41 Å². The Morgan fingerprint density at radius 3 is 1.27 bits per heavy atom. The predicted molar refractivity (Wildman–Crippen MR) is 558 cm³/mol. The number of amides is 19. The van der Waals surface area contributed by atoms with Gasteiger partial charge in [-0.25, -0.2) is 4.79 Å². The van der Waals surface area contributed by atoms with Crippen LogP contribution in [0.1, 0.15) is 227 Å².